The first-order valence-corrected chi connectivity index (χ1v) is 8.55. The molecule has 0 unspecified atom stereocenters. The van der Waals surface area contributed by atoms with E-state index in [4.69, 9.17) is 14.2 Å². The van der Waals surface area contributed by atoms with Crippen molar-refractivity contribution in [2.45, 2.75) is 39.5 Å². The number of aryl methyl sites for hydroxylation is 1. The van der Waals surface area contributed by atoms with Gasteiger partial charge in [0.25, 0.3) is 0 Å². The SMILES string of the molecule is CCCCCOc1cc(C=O)c2cccc(CC)c2c1OCOC. The zero-order valence-corrected chi connectivity index (χ0v) is 14.8. The number of rotatable bonds is 10. The summed E-state index contributed by atoms with van der Waals surface area (Å²) in [5.74, 6) is 1.27. The highest BCUT2D eigenvalue weighted by Crippen LogP contribution is 2.40. The molecule has 2 rings (SSSR count). The summed E-state index contributed by atoms with van der Waals surface area (Å²) in [5.41, 5.74) is 1.75. The Balaban J connectivity index is 2.54. The van der Waals surface area contributed by atoms with E-state index in [1.54, 1.807) is 13.2 Å². The second kappa shape index (κ2) is 9.28. The first-order chi connectivity index (χ1) is 11.8. The number of fused-ring (bicyclic) bond motifs is 1. The summed E-state index contributed by atoms with van der Waals surface area (Å²) in [6, 6.07) is 7.73. The van der Waals surface area contributed by atoms with Crippen molar-refractivity contribution in [2.24, 2.45) is 0 Å². The molecule has 0 amide bonds. The number of unbranched alkanes of at least 4 members (excludes halogenated alkanes) is 2. The van der Waals surface area contributed by atoms with Crippen LogP contribution in [0.15, 0.2) is 24.3 Å². The van der Waals surface area contributed by atoms with Gasteiger partial charge in [0, 0.05) is 18.1 Å². The fraction of sp³-hybridized carbons (Fsp3) is 0.450. The topological polar surface area (TPSA) is 44.8 Å². The molecule has 2 aromatic carbocycles. The van der Waals surface area contributed by atoms with E-state index in [9.17, 15) is 4.79 Å². The van der Waals surface area contributed by atoms with E-state index >= 15 is 0 Å². The Morgan fingerprint density at radius 1 is 1.12 bits per heavy atom. The number of benzene rings is 2. The van der Waals surface area contributed by atoms with Gasteiger partial charge in [-0.3, -0.25) is 4.79 Å². The standard InChI is InChI=1S/C20H26O4/c1-4-6-7-11-23-18-12-16(13-21)17-10-8-9-15(5-2)19(17)20(18)24-14-22-3/h8-10,12-13H,4-7,11,14H2,1-3H3. The molecule has 0 aliphatic carbocycles. The van der Waals surface area contributed by atoms with Crippen molar-refractivity contribution in [3.8, 4) is 11.5 Å². The lowest BCUT2D eigenvalue weighted by Gasteiger charge is -2.18. The molecule has 4 nitrogen and oxygen atoms in total. The van der Waals surface area contributed by atoms with Crippen LogP contribution in [0.2, 0.25) is 0 Å². The lowest BCUT2D eigenvalue weighted by molar-refractivity contribution is 0.0497. The molecule has 0 atom stereocenters. The van der Waals surface area contributed by atoms with Crippen molar-refractivity contribution >= 4 is 17.1 Å². The van der Waals surface area contributed by atoms with E-state index in [2.05, 4.69) is 19.9 Å². The summed E-state index contributed by atoms with van der Waals surface area (Å²) in [6.45, 7) is 4.99. The molecular weight excluding hydrogens is 304 g/mol. The van der Waals surface area contributed by atoms with E-state index in [1.165, 1.54) is 0 Å². The molecule has 0 fully saturated rings. The van der Waals surface area contributed by atoms with Gasteiger partial charge in [-0.25, -0.2) is 0 Å². The van der Waals surface area contributed by atoms with Crippen molar-refractivity contribution in [2.75, 3.05) is 20.5 Å². The zero-order chi connectivity index (χ0) is 17.4. The maximum atomic E-state index is 11.6. The van der Waals surface area contributed by atoms with Crippen LogP contribution in [0.4, 0.5) is 0 Å². The molecule has 0 heterocycles. The average molecular weight is 330 g/mol. The number of hydrogen-bond acceptors (Lipinski definition) is 4. The quantitative estimate of drug-likeness (QED) is 0.358. The lowest BCUT2D eigenvalue weighted by Crippen LogP contribution is -2.06. The van der Waals surface area contributed by atoms with Crippen molar-refractivity contribution in [1.29, 1.82) is 0 Å². The zero-order valence-electron chi connectivity index (χ0n) is 14.8. The average Bonchev–Trinajstić information content (AvgIpc) is 2.62. The summed E-state index contributed by atoms with van der Waals surface area (Å²) in [6.07, 6.45) is 4.94. The summed E-state index contributed by atoms with van der Waals surface area (Å²) >= 11 is 0. The maximum absolute atomic E-state index is 11.6. The van der Waals surface area contributed by atoms with Gasteiger partial charge in [-0.2, -0.15) is 0 Å². The smallest absolute Gasteiger partial charge is 0.188 e. The van der Waals surface area contributed by atoms with Crippen LogP contribution in [0.1, 0.15) is 49.0 Å². The van der Waals surface area contributed by atoms with Gasteiger partial charge < -0.3 is 14.2 Å². The van der Waals surface area contributed by atoms with Crippen molar-refractivity contribution < 1.29 is 19.0 Å². The predicted octanol–water partition coefficient (Wildman–Crippen LogP) is 4.77. The maximum Gasteiger partial charge on any atom is 0.188 e. The van der Waals surface area contributed by atoms with Crippen LogP contribution in [0.5, 0.6) is 11.5 Å². The molecular formula is C20H26O4. The second-order valence-electron chi connectivity index (χ2n) is 5.71. The molecule has 0 saturated carbocycles. The number of methoxy groups -OCH3 is 1. The number of hydrogen-bond donors (Lipinski definition) is 0. The van der Waals surface area contributed by atoms with Gasteiger partial charge in [0.05, 0.1) is 6.61 Å². The minimum absolute atomic E-state index is 0.138. The van der Waals surface area contributed by atoms with Crippen LogP contribution >= 0.6 is 0 Å². The number of carbonyl (C=O) groups excluding carboxylic acids is 1. The normalized spacial score (nSPS) is 10.8. The molecule has 0 saturated heterocycles. The molecule has 0 aromatic heterocycles. The van der Waals surface area contributed by atoms with Gasteiger partial charge in [0.15, 0.2) is 24.6 Å². The van der Waals surface area contributed by atoms with Crippen molar-refractivity contribution in [1.82, 2.24) is 0 Å². The van der Waals surface area contributed by atoms with Crippen LogP contribution in [0, 0.1) is 0 Å². The van der Waals surface area contributed by atoms with Gasteiger partial charge in [-0.05, 0) is 29.9 Å². The van der Waals surface area contributed by atoms with E-state index in [1.807, 2.05) is 12.1 Å². The van der Waals surface area contributed by atoms with E-state index in [-0.39, 0.29) is 6.79 Å². The molecule has 0 spiro atoms. The van der Waals surface area contributed by atoms with E-state index < -0.39 is 0 Å². The fourth-order valence-corrected chi connectivity index (χ4v) is 2.81. The number of ether oxygens (including phenoxy) is 3. The summed E-state index contributed by atoms with van der Waals surface area (Å²) in [4.78, 5) is 11.6. The van der Waals surface area contributed by atoms with Crippen LogP contribution in [-0.2, 0) is 11.2 Å². The molecule has 0 bridgehead atoms. The summed E-state index contributed by atoms with van der Waals surface area (Å²) < 4.78 is 16.9. The molecule has 24 heavy (non-hydrogen) atoms. The Hall–Kier alpha value is -2.07. The number of carbonyl (C=O) groups is 1. The molecule has 0 aliphatic rings. The Bertz CT molecular complexity index is 679. The molecule has 4 heteroatoms. The largest absolute Gasteiger partial charge is 0.490 e. The Morgan fingerprint density at radius 3 is 2.62 bits per heavy atom. The molecule has 2 aromatic rings. The Morgan fingerprint density at radius 2 is 1.96 bits per heavy atom. The van der Waals surface area contributed by atoms with Crippen LogP contribution in [0.3, 0.4) is 0 Å². The van der Waals surface area contributed by atoms with Gasteiger partial charge in [-0.15, -0.1) is 0 Å². The first kappa shape index (κ1) is 18.3. The molecule has 130 valence electrons. The monoisotopic (exact) mass is 330 g/mol. The summed E-state index contributed by atoms with van der Waals surface area (Å²) in [5, 5.41) is 1.82. The van der Waals surface area contributed by atoms with Crippen LogP contribution in [0.25, 0.3) is 10.8 Å². The molecule has 0 aliphatic heterocycles. The second-order valence-corrected chi connectivity index (χ2v) is 5.71. The van der Waals surface area contributed by atoms with Gasteiger partial charge in [0.2, 0.25) is 0 Å². The minimum atomic E-state index is 0.138. The van der Waals surface area contributed by atoms with E-state index in [0.717, 1.165) is 48.3 Å². The highest BCUT2D eigenvalue weighted by molar-refractivity contribution is 6.04. The van der Waals surface area contributed by atoms with Gasteiger partial charge in [-0.1, -0.05) is 44.9 Å². The fourth-order valence-electron chi connectivity index (χ4n) is 2.81. The van der Waals surface area contributed by atoms with Gasteiger partial charge in [0.1, 0.15) is 0 Å². The molecule has 0 N–H and O–H groups in total. The molecule has 0 radical (unpaired) electrons. The third kappa shape index (κ3) is 4.06. The lowest BCUT2D eigenvalue weighted by atomic mass is 9.97. The minimum Gasteiger partial charge on any atom is -0.490 e. The predicted molar refractivity (Wildman–Crippen MR) is 96.2 cm³/mol. The highest BCUT2D eigenvalue weighted by Gasteiger charge is 2.17. The highest BCUT2D eigenvalue weighted by atomic mass is 16.7. The van der Waals surface area contributed by atoms with E-state index in [0.29, 0.717) is 23.7 Å². The van der Waals surface area contributed by atoms with Crippen molar-refractivity contribution in [3.63, 3.8) is 0 Å². The van der Waals surface area contributed by atoms with Gasteiger partial charge >= 0.3 is 0 Å². The Kier molecular flexibility index (Phi) is 7.07. The third-order valence-corrected chi connectivity index (χ3v) is 4.03. The summed E-state index contributed by atoms with van der Waals surface area (Å²) in [7, 11) is 1.59. The third-order valence-electron chi connectivity index (χ3n) is 4.03. The number of aldehydes is 1. The van der Waals surface area contributed by atoms with Crippen molar-refractivity contribution in [3.05, 3.63) is 35.4 Å². The first-order valence-electron chi connectivity index (χ1n) is 8.55. The van der Waals surface area contributed by atoms with Crippen LogP contribution < -0.4 is 9.47 Å². The Labute approximate surface area is 143 Å². The van der Waals surface area contributed by atoms with Crippen LogP contribution in [-0.4, -0.2) is 26.8 Å².